The first-order valence-corrected chi connectivity index (χ1v) is 8.07. The molecule has 0 radical (unpaired) electrons. The number of rotatable bonds is 8. The zero-order valence-corrected chi connectivity index (χ0v) is 13.6. The van der Waals surface area contributed by atoms with Gasteiger partial charge in [-0.1, -0.05) is 13.8 Å². The number of carbonyl (C=O) groups is 1. The lowest BCUT2D eigenvalue weighted by molar-refractivity contribution is -0.144. The van der Waals surface area contributed by atoms with Gasteiger partial charge in [0.05, 0.1) is 0 Å². The molecule has 0 saturated heterocycles. The lowest BCUT2D eigenvalue weighted by Crippen LogP contribution is -2.52. The predicted molar refractivity (Wildman–Crippen MR) is 83.0 cm³/mol. The second-order valence-corrected chi connectivity index (χ2v) is 6.71. The van der Waals surface area contributed by atoms with Crippen LogP contribution >= 0.6 is 0 Å². The number of aliphatic carboxylic acids is 1. The van der Waals surface area contributed by atoms with Gasteiger partial charge in [-0.05, 0) is 65.0 Å². The van der Waals surface area contributed by atoms with Crippen molar-refractivity contribution in [2.75, 3.05) is 20.1 Å². The van der Waals surface area contributed by atoms with Gasteiger partial charge >= 0.3 is 5.97 Å². The molecule has 118 valence electrons. The fourth-order valence-electron chi connectivity index (χ4n) is 2.94. The van der Waals surface area contributed by atoms with Crippen LogP contribution in [0.3, 0.4) is 0 Å². The minimum absolute atomic E-state index is 0.635. The van der Waals surface area contributed by atoms with Crippen molar-refractivity contribution in [3.8, 4) is 0 Å². The second kappa shape index (κ2) is 7.99. The summed E-state index contributed by atoms with van der Waals surface area (Å²) in [6, 6.07) is 0.635. The summed E-state index contributed by atoms with van der Waals surface area (Å²) in [5.41, 5.74) is -0.799. The van der Waals surface area contributed by atoms with Gasteiger partial charge in [-0.2, -0.15) is 0 Å². The van der Waals surface area contributed by atoms with Gasteiger partial charge in [0.1, 0.15) is 5.54 Å². The van der Waals surface area contributed by atoms with Crippen molar-refractivity contribution in [2.45, 2.75) is 70.9 Å². The quantitative estimate of drug-likeness (QED) is 0.719. The minimum Gasteiger partial charge on any atom is -0.480 e. The summed E-state index contributed by atoms with van der Waals surface area (Å²) in [5, 5.41) is 12.6. The summed E-state index contributed by atoms with van der Waals surface area (Å²) in [5.74, 6) is 0.117. The zero-order chi connectivity index (χ0) is 15.2. The highest BCUT2D eigenvalue weighted by molar-refractivity contribution is 5.78. The van der Waals surface area contributed by atoms with E-state index in [1.165, 1.54) is 25.7 Å². The Labute approximate surface area is 123 Å². The first kappa shape index (κ1) is 17.4. The average Bonchev–Trinajstić information content (AvgIpc) is 2.43. The van der Waals surface area contributed by atoms with Crippen LogP contribution in [0.4, 0.5) is 0 Å². The summed E-state index contributed by atoms with van der Waals surface area (Å²) in [6.07, 6.45) is 6.73. The van der Waals surface area contributed by atoms with E-state index in [2.05, 4.69) is 31.1 Å². The topological polar surface area (TPSA) is 52.6 Å². The van der Waals surface area contributed by atoms with Crippen molar-refractivity contribution in [1.82, 2.24) is 10.2 Å². The molecule has 1 fully saturated rings. The zero-order valence-electron chi connectivity index (χ0n) is 13.6. The molecule has 2 N–H and O–H groups in total. The lowest BCUT2D eigenvalue weighted by Gasteiger charge is -2.35. The van der Waals surface area contributed by atoms with Crippen LogP contribution in [-0.2, 0) is 4.79 Å². The third kappa shape index (κ3) is 5.06. The Morgan fingerprint density at radius 2 is 1.95 bits per heavy atom. The number of nitrogens with zero attached hydrogens (tertiary/aromatic N) is 1. The maximum absolute atomic E-state index is 11.5. The Hall–Kier alpha value is -0.610. The van der Waals surface area contributed by atoms with Gasteiger partial charge in [-0.3, -0.25) is 4.79 Å². The molecule has 0 aromatic rings. The van der Waals surface area contributed by atoms with Crippen molar-refractivity contribution in [3.63, 3.8) is 0 Å². The van der Waals surface area contributed by atoms with Crippen molar-refractivity contribution in [1.29, 1.82) is 0 Å². The Balaban J connectivity index is 2.44. The number of hydrogen-bond donors (Lipinski definition) is 2. The fraction of sp³-hybridized carbons (Fsp3) is 0.938. The van der Waals surface area contributed by atoms with Gasteiger partial charge in [-0.25, -0.2) is 0 Å². The number of nitrogens with one attached hydrogen (secondary N) is 1. The molecule has 20 heavy (non-hydrogen) atoms. The predicted octanol–water partition coefficient (Wildman–Crippen LogP) is 2.73. The molecule has 0 aromatic carbocycles. The van der Waals surface area contributed by atoms with Gasteiger partial charge in [0, 0.05) is 12.6 Å². The Kier molecular flexibility index (Phi) is 6.96. The summed E-state index contributed by atoms with van der Waals surface area (Å²) in [6.45, 7) is 7.80. The molecule has 1 aliphatic carbocycles. The largest absolute Gasteiger partial charge is 0.480 e. The highest BCUT2D eigenvalue weighted by Crippen LogP contribution is 2.27. The number of carboxylic acids is 1. The summed E-state index contributed by atoms with van der Waals surface area (Å²) >= 11 is 0. The van der Waals surface area contributed by atoms with E-state index in [1.54, 1.807) is 0 Å². The van der Waals surface area contributed by atoms with E-state index in [1.807, 2.05) is 6.92 Å². The summed E-state index contributed by atoms with van der Waals surface area (Å²) in [7, 11) is 2.14. The molecule has 0 aliphatic heterocycles. The number of hydrogen-bond acceptors (Lipinski definition) is 3. The van der Waals surface area contributed by atoms with Gasteiger partial charge in [0.2, 0.25) is 0 Å². The molecule has 0 amide bonds. The van der Waals surface area contributed by atoms with Crippen LogP contribution in [0.2, 0.25) is 0 Å². The molecule has 0 spiro atoms. The van der Waals surface area contributed by atoms with Crippen LogP contribution in [-0.4, -0.2) is 47.7 Å². The van der Waals surface area contributed by atoms with Gasteiger partial charge in [0.25, 0.3) is 0 Å². The van der Waals surface area contributed by atoms with Crippen LogP contribution in [0.1, 0.15) is 59.3 Å². The maximum atomic E-state index is 11.5. The van der Waals surface area contributed by atoms with Crippen LogP contribution in [0.15, 0.2) is 0 Å². The first-order valence-electron chi connectivity index (χ1n) is 8.07. The van der Waals surface area contributed by atoms with Crippen LogP contribution in [0.25, 0.3) is 0 Å². The van der Waals surface area contributed by atoms with E-state index in [0.29, 0.717) is 12.5 Å². The molecule has 1 saturated carbocycles. The molecule has 1 unspecified atom stereocenters. The molecular weight excluding hydrogens is 252 g/mol. The molecule has 0 heterocycles. The first-order chi connectivity index (χ1) is 9.39. The van der Waals surface area contributed by atoms with Crippen molar-refractivity contribution in [3.05, 3.63) is 0 Å². The Bertz CT molecular complexity index is 301. The lowest BCUT2D eigenvalue weighted by atomic mass is 9.86. The highest BCUT2D eigenvalue weighted by Gasteiger charge is 2.33. The van der Waals surface area contributed by atoms with Crippen LogP contribution in [0.5, 0.6) is 0 Å². The number of carboxylic acid groups (broad SMARTS) is 1. The van der Waals surface area contributed by atoms with Crippen molar-refractivity contribution < 1.29 is 9.90 Å². The molecule has 1 atom stereocenters. The SMILES string of the molecule is CCCNC(C)(CCN(C)C1CCC(C)CC1)C(=O)O. The van der Waals surface area contributed by atoms with Gasteiger partial charge < -0.3 is 15.3 Å². The standard InChI is InChI=1S/C16H32N2O2/c1-5-11-17-16(3,15(19)20)10-12-18(4)14-8-6-13(2)7-9-14/h13-14,17H,5-12H2,1-4H3,(H,19,20). The van der Waals surface area contributed by atoms with Gasteiger partial charge in [-0.15, -0.1) is 0 Å². The van der Waals surface area contributed by atoms with E-state index in [4.69, 9.17) is 0 Å². The van der Waals surface area contributed by atoms with E-state index >= 15 is 0 Å². The Morgan fingerprint density at radius 1 is 1.35 bits per heavy atom. The molecule has 0 bridgehead atoms. The van der Waals surface area contributed by atoms with Crippen molar-refractivity contribution >= 4 is 5.97 Å². The second-order valence-electron chi connectivity index (χ2n) is 6.71. The molecular formula is C16H32N2O2. The van der Waals surface area contributed by atoms with E-state index in [9.17, 15) is 9.90 Å². The maximum Gasteiger partial charge on any atom is 0.323 e. The molecule has 4 heteroatoms. The highest BCUT2D eigenvalue weighted by atomic mass is 16.4. The smallest absolute Gasteiger partial charge is 0.323 e. The molecule has 4 nitrogen and oxygen atoms in total. The summed E-state index contributed by atoms with van der Waals surface area (Å²) in [4.78, 5) is 13.8. The molecule has 0 aromatic heterocycles. The van der Waals surface area contributed by atoms with Crippen LogP contribution in [0, 0.1) is 5.92 Å². The average molecular weight is 284 g/mol. The van der Waals surface area contributed by atoms with Crippen molar-refractivity contribution in [2.24, 2.45) is 5.92 Å². The van der Waals surface area contributed by atoms with Gasteiger partial charge in [0.15, 0.2) is 0 Å². The summed E-state index contributed by atoms with van der Waals surface area (Å²) < 4.78 is 0. The van der Waals surface area contributed by atoms with Crippen LogP contribution < -0.4 is 5.32 Å². The molecule has 1 rings (SSSR count). The normalized spacial score (nSPS) is 26.4. The van der Waals surface area contributed by atoms with E-state index in [0.717, 1.165) is 25.4 Å². The van der Waals surface area contributed by atoms with E-state index < -0.39 is 11.5 Å². The third-order valence-electron chi connectivity index (χ3n) is 4.81. The molecule has 1 aliphatic rings. The monoisotopic (exact) mass is 284 g/mol. The van der Waals surface area contributed by atoms with E-state index in [-0.39, 0.29) is 0 Å². The Morgan fingerprint density at radius 3 is 2.45 bits per heavy atom. The third-order valence-corrected chi connectivity index (χ3v) is 4.81. The fourth-order valence-corrected chi connectivity index (χ4v) is 2.94. The minimum atomic E-state index is -0.799.